The molecule has 0 unspecified atom stereocenters. The van der Waals surface area contributed by atoms with Crippen molar-refractivity contribution in [1.82, 2.24) is 9.88 Å². The van der Waals surface area contributed by atoms with Crippen LogP contribution in [0.5, 0.6) is 5.75 Å². The third-order valence-electron chi connectivity index (χ3n) is 3.80. The second-order valence-electron chi connectivity index (χ2n) is 6.20. The first-order chi connectivity index (χ1) is 12.9. The van der Waals surface area contributed by atoms with Gasteiger partial charge in [-0.3, -0.25) is 4.79 Å². The zero-order chi connectivity index (χ0) is 21.1. The number of aromatic nitrogens is 1. The van der Waals surface area contributed by atoms with Crippen LogP contribution >= 0.6 is 0 Å². The Morgan fingerprint density at radius 2 is 1.79 bits per heavy atom. The SMILES string of the molecule is Cc1cc(C)cc(OCCN(C)C(=O)c2cccnc2S(=O)(=O)C(F)(F)F)c1. The van der Waals surface area contributed by atoms with Crippen LogP contribution in [0.3, 0.4) is 0 Å². The summed E-state index contributed by atoms with van der Waals surface area (Å²) < 4.78 is 67.5. The van der Waals surface area contributed by atoms with E-state index >= 15 is 0 Å². The van der Waals surface area contributed by atoms with Crippen molar-refractivity contribution in [2.45, 2.75) is 24.4 Å². The lowest BCUT2D eigenvalue weighted by atomic mass is 10.1. The largest absolute Gasteiger partial charge is 0.503 e. The van der Waals surface area contributed by atoms with Gasteiger partial charge in [0.15, 0.2) is 5.03 Å². The van der Waals surface area contributed by atoms with Gasteiger partial charge in [-0.25, -0.2) is 13.4 Å². The fraction of sp³-hybridized carbons (Fsp3) is 0.333. The number of nitrogens with zero attached hydrogens (tertiary/aromatic N) is 2. The van der Waals surface area contributed by atoms with Gasteiger partial charge in [-0.2, -0.15) is 13.2 Å². The van der Waals surface area contributed by atoms with E-state index in [1.807, 2.05) is 32.0 Å². The van der Waals surface area contributed by atoms with E-state index in [9.17, 15) is 26.4 Å². The quantitative estimate of drug-likeness (QED) is 0.723. The molecule has 0 saturated heterocycles. The van der Waals surface area contributed by atoms with Crippen LogP contribution in [0.4, 0.5) is 13.2 Å². The Bertz CT molecular complexity index is 955. The number of aryl methyl sites for hydroxylation is 2. The van der Waals surface area contributed by atoms with Crippen LogP contribution in [-0.4, -0.2) is 49.9 Å². The number of pyridine rings is 1. The fourth-order valence-electron chi connectivity index (χ4n) is 2.50. The van der Waals surface area contributed by atoms with Crippen LogP contribution < -0.4 is 4.74 Å². The fourth-order valence-corrected chi connectivity index (χ4v) is 3.36. The summed E-state index contributed by atoms with van der Waals surface area (Å²) in [5.74, 6) is -0.306. The number of hydrogen-bond donors (Lipinski definition) is 0. The molecule has 0 saturated carbocycles. The van der Waals surface area contributed by atoms with Gasteiger partial charge in [0, 0.05) is 13.2 Å². The number of likely N-dealkylation sites (N-methyl/N-ethyl adjacent to an activating group) is 1. The molecule has 0 spiro atoms. The Balaban J connectivity index is 2.14. The molecule has 2 rings (SSSR count). The number of carbonyl (C=O) groups is 1. The third kappa shape index (κ3) is 4.80. The Morgan fingerprint density at radius 1 is 1.18 bits per heavy atom. The topological polar surface area (TPSA) is 76.6 Å². The summed E-state index contributed by atoms with van der Waals surface area (Å²) in [5.41, 5.74) is -4.21. The van der Waals surface area contributed by atoms with Gasteiger partial charge >= 0.3 is 5.51 Å². The predicted molar refractivity (Wildman–Crippen MR) is 95.8 cm³/mol. The zero-order valence-corrected chi connectivity index (χ0v) is 16.3. The first-order valence-electron chi connectivity index (χ1n) is 8.16. The van der Waals surface area contributed by atoms with Crippen LogP contribution in [0.25, 0.3) is 0 Å². The smallest absolute Gasteiger partial charge is 0.492 e. The molecule has 0 fully saturated rings. The number of halogens is 3. The van der Waals surface area contributed by atoms with Gasteiger partial charge in [-0.05, 0) is 49.2 Å². The summed E-state index contributed by atoms with van der Waals surface area (Å²) in [7, 11) is -4.41. The molecule has 10 heteroatoms. The standard InChI is InChI=1S/C18H19F3N2O4S/c1-12-9-13(2)11-14(10-12)27-8-7-23(3)17(24)15-5-4-6-22-16(15)28(25,26)18(19,20)21/h4-6,9-11H,7-8H2,1-3H3. The predicted octanol–water partition coefficient (Wildman–Crippen LogP) is 3.14. The monoisotopic (exact) mass is 416 g/mol. The van der Waals surface area contributed by atoms with Crippen LogP contribution in [-0.2, 0) is 9.84 Å². The van der Waals surface area contributed by atoms with Crippen LogP contribution in [0.15, 0.2) is 41.6 Å². The van der Waals surface area contributed by atoms with Crippen molar-refractivity contribution < 1.29 is 31.1 Å². The number of hydrogen-bond acceptors (Lipinski definition) is 5. The van der Waals surface area contributed by atoms with Gasteiger partial charge in [0.1, 0.15) is 12.4 Å². The number of rotatable bonds is 6. The molecule has 1 aromatic heterocycles. The molecule has 28 heavy (non-hydrogen) atoms. The molecule has 0 aliphatic carbocycles. The zero-order valence-electron chi connectivity index (χ0n) is 15.4. The maximum atomic E-state index is 12.8. The summed E-state index contributed by atoms with van der Waals surface area (Å²) in [5, 5.41) is -1.31. The average Bonchev–Trinajstić information content (AvgIpc) is 2.59. The summed E-state index contributed by atoms with van der Waals surface area (Å²) in [6.45, 7) is 3.92. The van der Waals surface area contributed by atoms with Crippen molar-refractivity contribution in [2.75, 3.05) is 20.2 Å². The van der Waals surface area contributed by atoms with Gasteiger partial charge < -0.3 is 9.64 Å². The van der Waals surface area contributed by atoms with Gasteiger partial charge in [0.25, 0.3) is 15.7 Å². The minimum absolute atomic E-state index is 0.0340. The maximum absolute atomic E-state index is 12.8. The van der Waals surface area contributed by atoms with E-state index in [-0.39, 0.29) is 13.2 Å². The van der Waals surface area contributed by atoms with E-state index in [0.29, 0.717) is 5.75 Å². The van der Waals surface area contributed by atoms with Gasteiger partial charge in [0.2, 0.25) is 0 Å². The molecule has 2 aromatic rings. The Kier molecular flexibility index (Phi) is 6.33. The molecule has 0 aliphatic heterocycles. The lowest BCUT2D eigenvalue weighted by Crippen LogP contribution is -2.33. The highest BCUT2D eigenvalue weighted by molar-refractivity contribution is 7.92. The Hall–Kier alpha value is -2.62. The molecule has 0 N–H and O–H groups in total. The lowest BCUT2D eigenvalue weighted by Gasteiger charge is -2.19. The highest BCUT2D eigenvalue weighted by Crippen LogP contribution is 2.31. The molecule has 0 radical (unpaired) electrons. The normalized spacial score (nSPS) is 11.9. The highest BCUT2D eigenvalue weighted by Gasteiger charge is 2.49. The summed E-state index contributed by atoms with van der Waals surface area (Å²) >= 11 is 0. The van der Waals surface area contributed by atoms with Crippen LogP contribution in [0.2, 0.25) is 0 Å². The molecule has 0 bridgehead atoms. The van der Waals surface area contributed by atoms with E-state index in [4.69, 9.17) is 4.74 Å². The number of alkyl halides is 3. The first kappa shape index (κ1) is 21.7. The summed E-state index contributed by atoms with van der Waals surface area (Å²) in [6, 6.07) is 7.78. The molecule has 152 valence electrons. The van der Waals surface area contributed by atoms with E-state index in [0.717, 1.165) is 28.3 Å². The Morgan fingerprint density at radius 3 is 2.36 bits per heavy atom. The second kappa shape index (κ2) is 8.17. The van der Waals surface area contributed by atoms with E-state index < -0.39 is 31.8 Å². The summed E-state index contributed by atoms with van der Waals surface area (Å²) in [4.78, 5) is 16.8. The number of benzene rings is 1. The molecular formula is C18H19F3N2O4S. The molecule has 1 amide bonds. The lowest BCUT2D eigenvalue weighted by molar-refractivity contribution is -0.0438. The number of ether oxygens (including phenoxy) is 1. The van der Waals surface area contributed by atoms with Crippen molar-refractivity contribution in [3.8, 4) is 5.75 Å². The number of amides is 1. The van der Waals surface area contributed by atoms with Crippen molar-refractivity contribution in [3.05, 3.63) is 53.2 Å². The van der Waals surface area contributed by atoms with Crippen molar-refractivity contribution in [3.63, 3.8) is 0 Å². The van der Waals surface area contributed by atoms with Gasteiger partial charge in [-0.1, -0.05) is 6.07 Å². The van der Waals surface area contributed by atoms with E-state index in [1.54, 1.807) is 0 Å². The van der Waals surface area contributed by atoms with E-state index in [1.165, 1.54) is 13.1 Å². The first-order valence-corrected chi connectivity index (χ1v) is 9.64. The van der Waals surface area contributed by atoms with Gasteiger partial charge in [0.05, 0.1) is 12.1 Å². The number of sulfone groups is 1. The third-order valence-corrected chi connectivity index (χ3v) is 5.24. The number of carbonyl (C=O) groups excluding carboxylic acids is 1. The van der Waals surface area contributed by atoms with E-state index in [2.05, 4.69) is 4.98 Å². The van der Waals surface area contributed by atoms with Crippen molar-refractivity contribution in [1.29, 1.82) is 0 Å². The van der Waals surface area contributed by atoms with Crippen LogP contribution in [0, 0.1) is 13.8 Å². The van der Waals surface area contributed by atoms with Crippen molar-refractivity contribution in [2.24, 2.45) is 0 Å². The molecule has 1 heterocycles. The Labute approximate surface area is 160 Å². The van der Waals surface area contributed by atoms with Crippen LogP contribution in [0.1, 0.15) is 21.5 Å². The molecule has 1 aromatic carbocycles. The minimum atomic E-state index is -5.75. The maximum Gasteiger partial charge on any atom is 0.503 e. The molecular weight excluding hydrogens is 397 g/mol. The summed E-state index contributed by atoms with van der Waals surface area (Å²) in [6.07, 6.45) is 0.887. The highest BCUT2D eigenvalue weighted by atomic mass is 32.2. The van der Waals surface area contributed by atoms with Gasteiger partial charge in [-0.15, -0.1) is 0 Å². The average molecular weight is 416 g/mol. The molecule has 6 nitrogen and oxygen atoms in total. The molecule has 0 aliphatic rings. The second-order valence-corrected chi connectivity index (χ2v) is 8.06. The van der Waals surface area contributed by atoms with Crippen molar-refractivity contribution >= 4 is 15.7 Å². The molecule has 0 atom stereocenters. The minimum Gasteiger partial charge on any atom is -0.492 e.